The molecule has 0 aromatic carbocycles. The van der Waals surface area contributed by atoms with Gasteiger partial charge in [0.25, 0.3) is 0 Å². The summed E-state index contributed by atoms with van der Waals surface area (Å²) < 4.78 is 21.3. The first-order chi connectivity index (χ1) is 12.9. The number of esters is 1. The number of carbonyl (C=O) groups excluding carboxylic acids is 1. The molecule has 1 aliphatic carbocycles. The van der Waals surface area contributed by atoms with Crippen molar-refractivity contribution >= 4 is 5.97 Å². The van der Waals surface area contributed by atoms with Gasteiger partial charge in [0.1, 0.15) is 24.4 Å². The molecule has 8 atom stereocenters. The molecule has 0 radical (unpaired) electrons. The molecule has 0 aromatic heterocycles. The Hall–Kier alpha value is -1.53. The highest BCUT2D eigenvalue weighted by Gasteiger charge is 2.49. The third kappa shape index (κ3) is 3.61. The molecule has 0 amide bonds. The van der Waals surface area contributed by atoms with E-state index in [9.17, 15) is 30.3 Å². The first kappa shape index (κ1) is 20.2. The van der Waals surface area contributed by atoms with Gasteiger partial charge in [-0.05, 0) is 12.0 Å². The van der Waals surface area contributed by atoms with E-state index < -0.39 is 55.5 Å². The van der Waals surface area contributed by atoms with Gasteiger partial charge in [0, 0.05) is 5.92 Å². The highest BCUT2D eigenvalue weighted by molar-refractivity contribution is 5.89. The molecule has 0 bridgehead atoms. The van der Waals surface area contributed by atoms with E-state index in [0.717, 1.165) is 0 Å². The molecule has 1 fully saturated rings. The summed E-state index contributed by atoms with van der Waals surface area (Å²) in [6.07, 6.45) is -4.73. The number of aliphatic hydroxyl groups excluding tert-OH is 5. The average Bonchev–Trinajstić information content (AvgIpc) is 3.12. The zero-order valence-electron chi connectivity index (χ0n) is 14.7. The van der Waals surface area contributed by atoms with E-state index in [-0.39, 0.29) is 12.5 Å². The Morgan fingerprint density at radius 2 is 1.93 bits per heavy atom. The van der Waals surface area contributed by atoms with Gasteiger partial charge in [0.15, 0.2) is 6.29 Å². The molecule has 1 saturated heterocycles. The molecular weight excluding hydrogens is 364 g/mol. The minimum Gasteiger partial charge on any atom is -0.471 e. The SMILES string of the molecule is COC(=O)C1=CO[C@@H](O[C@H]2O[C@H](CO)[C@@H](O)[C@H](O)[C@H]2O)[C@@H]2C(CO)=CC[C@H]12. The summed E-state index contributed by atoms with van der Waals surface area (Å²) >= 11 is 0. The van der Waals surface area contributed by atoms with Gasteiger partial charge in [-0.3, -0.25) is 0 Å². The molecule has 3 rings (SSSR count). The van der Waals surface area contributed by atoms with E-state index in [1.807, 2.05) is 0 Å². The summed E-state index contributed by atoms with van der Waals surface area (Å²) in [4.78, 5) is 12.0. The van der Waals surface area contributed by atoms with Crippen molar-refractivity contribution in [2.75, 3.05) is 20.3 Å². The van der Waals surface area contributed by atoms with Gasteiger partial charge in [-0.2, -0.15) is 0 Å². The third-order valence-electron chi connectivity index (χ3n) is 5.24. The minimum atomic E-state index is -1.59. The van der Waals surface area contributed by atoms with Gasteiger partial charge >= 0.3 is 5.97 Å². The van der Waals surface area contributed by atoms with Crippen molar-refractivity contribution in [1.29, 1.82) is 0 Å². The predicted molar refractivity (Wildman–Crippen MR) is 86.6 cm³/mol. The molecule has 152 valence electrons. The van der Waals surface area contributed by atoms with Gasteiger partial charge in [0.2, 0.25) is 6.29 Å². The second kappa shape index (κ2) is 8.23. The number of methoxy groups -OCH3 is 1. The number of allylic oxidation sites excluding steroid dienone is 1. The smallest absolute Gasteiger partial charge is 0.337 e. The summed E-state index contributed by atoms with van der Waals surface area (Å²) in [6, 6.07) is 0. The van der Waals surface area contributed by atoms with Crippen molar-refractivity contribution in [2.45, 2.75) is 43.4 Å². The van der Waals surface area contributed by atoms with Crippen molar-refractivity contribution in [3.05, 3.63) is 23.5 Å². The molecule has 5 N–H and O–H groups in total. The van der Waals surface area contributed by atoms with Crippen molar-refractivity contribution < 1.29 is 49.3 Å². The lowest BCUT2D eigenvalue weighted by Crippen LogP contribution is -2.60. The van der Waals surface area contributed by atoms with Crippen LogP contribution in [0.15, 0.2) is 23.5 Å². The fourth-order valence-corrected chi connectivity index (χ4v) is 3.73. The Bertz CT molecular complexity index is 615. The van der Waals surface area contributed by atoms with Crippen LogP contribution in [0.1, 0.15) is 6.42 Å². The van der Waals surface area contributed by atoms with Crippen LogP contribution in [-0.2, 0) is 23.7 Å². The second-order valence-electron chi connectivity index (χ2n) is 6.71. The fraction of sp³-hybridized carbons (Fsp3) is 0.706. The lowest BCUT2D eigenvalue weighted by Gasteiger charge is -2.42. The van der Waals surface area contributed by atoms with E-state index in [0.29, 0.717) is 17.6 Å². The van der Waals surface area contributed by atoms with Gasteiger partial charge < -0.3 is 44.5 Å². The monoisotopic (exact) mass is 388 g/mol. The maximum atomic E-state index is 12.0. The van der Waals surface area contributed by atoms with Crippen LogP contribution in [0.4, 0.5) is 0 Å². The summed E-state index contributed by atoms with van der Waals surface area (Å²) in [5, 5.41) is 48.8. The molecule has 2 aliphatic heterocycles. The van der Waals surface area contributed by atoms with Gasteiger partial charge in [-0.25, -0.2) is 4.79 Å². The van der Waals surface area contributed by atoms with Crippen molar-refractivity contribution in [1.82, 2.24) is 0 Å². The molecule has 27 heavy (non-hydrogen) atoms. The van der Waals surface area contributed by atoms with Gasteiger partial charge in [0.05, 0.1) is 38.1 Å². The summed E-state index contributed by atoms with van der Waals surface area (Å²) in [7, 11) is 1.25. The molecule has 10 heteroatoms. The third-order valence-corrected chi connectivity index (χ3v) is 5.24. The fourth-order valence-electron chi connectivity index (χ4n) is 3.73. The van der Waals surface area contributed by atoms with E-state index in [4.69, 9.17) is 18.9 Å². The quantitative estimate of drug-likeness (QED) is 0.258. The van der Waals surface area contributed by atoms with Crippen molar-refractivity contribution in [3.63, 3.8) is 0 Å². The van der Waals surface area contributed by atoms with Crippen LogP contribution < -0.4 is 0 Å². The normalized spacial score (nSPS) is 41.3. The number of aliphatic hydroxyl groups is 5. The van der Waals surface area contributed by atoms with Crippen LogP contribution in [0.2, 0.25) is 0 Å². The Balaban J connectivity index is 1.80. The first-order valence-corrected chi connectivity index (χ1v) is 8.62. The average molecular weight is 388 g/mol. The Morgan fingerprint density at radius 3 is 2.56 bits per heavy atom. The summed E-state index contributed by atoms with van der Waals surface area (Å²) in [5.41, 5.74) is 0.903. The molecular formula is C17H24O10. The van der Waals surface area contributed by atoms with E-state index in [1.165, 1.54) is 13.4 Å². The summed E-state index contributed by atoms with van der Waals surface area (Å²) in [6.45, 7) is -0.857. The van der Waals surface area contributed by atoms with Crippen LogP contribution in [0.5, 0.6) is 0 Å². The molecule has 0 saturated carbocycles. The number of fused-ring (bicyclic) bond motifs is 1. The van der Waals surface area contributed by atoms with E-state index in [2.05, 4.69) is 0 Å². The number of hydrogen-bond acceptors (Lipinski definition) is 10. The zero-order chi connectivity index (χ0) is 19.7. The Kier molecular flexibility index (Phi) is 6.16. The van der Waals surface area contributed by atoms with E-state index >= 15 is 0 Å². The molecule has 0 unspecified atom stereocenters. The number of hydrogen-bond donors (Lipinski definition) is 5. The maximum Gasteiger partial charge on any atom is 0.337 e. The summed E-state index contributed by atoms with van der Waals surface area (Å²) in [5.74, 6) is -1.42. The lowest BCUT2D eigenvalue weighted by atomic mass is 9.83. The van der Waals surface area contributed by atoms with Crippen LogP contribution in [0.3, 0.4) is 0 Å². The number of rotatable bonds is 5. The highest BCUT2D eigenvalue weighted by Crippen LogP contribution is 2.44. The lowest BCUT2D eigenvalue weighted by molar-refractivity contribution is -0.339. The number of ether oxygens (including phenoxy) is 4. The largest absolute Gasteiger partial charge is 0.471 e. The molecule has 3 aliphatic rings. The van der Waals surface area contributed by atoms with Gasteiger partial charge in [-0.1, -0.05) is 6.08 Å². The highest BCUT2D eigenvalue weighted by atomic mass is 16.8. The van der Waals surface area contributed by atoms with Crippen LogP contribution >= 0.6 is 0 Å². The number of carbonyl (C=O) groups is 1. The van der Waals surface area contributed by atoms with Crippen LogP contribution in [0, 0.1) is 11.8 Å². The standard InChI is InChI=1S/C17H24O10/c1-24-15(23)9-6-25-16(11-7(4-18)2-3-8(9)11)27-17-14(22)13(21)12(20)10(5-19)26-17/h2,6,8,10-14,16-22H,3-5H2,1H3/t8-,10-,11-,12-,13+,14-,16+,17-/m1/s1. The Labute approximate surface area is 155 Å². The Morgan fingerprint density at radius 1 is 1.19 bits per heavy atom. The minimum absolute atomic E-state index is 0.270. The zero-order valence-corrected chi connectivity index (χ0v) is 14.7. The molecule has 2 heterocycles. The molecule has 10 nitrogen and oxygen atoms in total. The van der Waals surface area contributed by atoms with Crippen molar-refractivity contribution in [2.24, 2.45) is 11.8 Å². The van der Waals surface area contributed by atoms with Crippen molar-refractivity contribution in [3.8, 4) is 0 Å². The topological polar surface area (TPSA) is 155 Å². The molecule has 0 aromatic rings. The first-order valence-electron chi connectivity index (χ1n) is 8.62. The van der Waals surface area contributed by atoms with Gasteiger partial charge in [-0.15, -0.1) is 0 Å². The predicted octanol–water partition coefficient (Wildman–Crippen LogP) is -2.23. The van der Waals surface area contributed by atoms with Crippen LogP contribution in [0.25, 0.3) is 0 Å². The van der Waals surface area contributed by atoms with Crippen LogP contribution in [-0.4, -0.2) is 88.8 Å². The maximum absolute atomic E-state index is 12.0. The second-order valence-corrected chi connectivity index (χ2v) is 6.71. The molecule has 0 spiro atoms. The van der Waals surface area contributed by atoms with E-state index in [1.54, 1.807) is 6.08 Å².